The second kappa shape index (κ2) is 7.56. The predicted molar refractivity (Wildman–Crippen MR) is 111 cm³/mol. The van der Waals surface area contributed by atoms with Gasteiger partial charge >= 0.3 is 6.18 Å². The Morgan fingerprint density at radius 1 is 1.03 bits per heavy atom. The zero-order valence-corrected chi connectivity index (χ0v) is 17.5. The van der Waals surface area contributed by atoms with Gasteiger partial charge < -0.3 is 4.90 Å². The van der Waals surface area contributed by atoms with Gasteiger partial charge in [-0.15, -0.1) is 0 Å². The molecule has 0 aromatic heterocycles. The zero-order chi connectivity index (χ0) is 22.3. The predicted octanol–water partition coefficient (Wildman–Crippen LogP) is 5.81. The number of non-ortho nitro benzene ring substituents is 1. The number of halogens is 3. The highest BCUT2D eigenvalue weighted by atomic mass is 28.3. The standard InChI is InChI=1S/C21H19F3N2O3Si/c1-30(2,3)13-19-20(27)16(14-8-10-15(11-9-14)26(28)29)12-25(19)18-7-5-4-6-17(18)21(22,23)24/h4-13H,1-3H3/b19-13-. The van der Waals surface area contributed by atoms with Gasteiger partial charge in [0.25, 0.3) is 5.69 Å². The minimum Gasteiger partial charge on any atom is -0.313 e. The molecule has 3 rings (SSSR count). The molecular formula is C21H19F3N2O3Si. The fraction of sp³-hybridized carbons (Fsp3) is 0.190. The Labute approximate surface area is 172 Å². The van der Waals surface area contributed by atoms with E-state index in [1.54, 1.807) is 5.70 Å². The average Bonchev–Trinajstić information content (AvgIpc) is 2.96. The molecule has 0 amide bonds. The van der Waals surface area contributed by atoms with E-state index in [1.165, 1.54) is 53.6 Å². The number of anilines is 1. The van der Waals surface area contributed by atoms with Crippen molar-refractivity contribution in [3.63, 3.8) is 0 Å². The molecule has 0 fully saturated rings. The second-order valence-corrected chi connectivity index (χ2v) is 13.0. The topological polar surface area (TPSA) is 63.4 Å². The lowest BCUT2D eigenvalue weighted by atomic mass is 10.0. The molecule has 5 nitrogen and oxygen atoms in total. The van der Waals surface area contributed by atoms with Crippen molar-refractivity contribution in [1.29, 1.82) is 0 Å². The Morgan fingerprint density at radius 2 is 1.63 bits per heavy atom. The molecular weight excluding hydrogens is 413 g/mol. The smallest absolute Gasteiger partial charge is 0.313 e. The molecule has 0 N–H and O–H groups in total. The van der Waals surface area contributed by atoms with Crippen molar-refractivity contribution in [2.45, 2.75) is 25.8 Å². The van der Waals surface area contributed by atoms with Gasteiger partial charge in [-0.1, -0.05) is 37.5 Å². The molecule has 30 heavy (non-hydrogen) atoms. The number of nitrogens with zero attached hydrogens (tertiary/aromatic N) is 2. The summed E-state index contributed by atoms with van der Waals surface area (Å²) in [7, 11) is -1.98. The van der Waals surface area contributed by atoms with Crippen LogP contribution in [-0.2, 0) is 11.0 Å². The summed E-state index contributed by atoms with van der Waals surface area (Å²) < 4.78 is 40.8. The number of carbonyl (C=O) groups excluding carboxylic acids is 1. The molecule has 2 aromatic carbocycles. The Hall–Kier alpha value is -3.20. The fourth-order valence-corrected chi connectivity index (χ4v) is 4.23. The number of hydrogen-bond donors (Lipinski definition) is 0. The van der Waals surface area contributed by atoms with E-state index in [9.17, 15) is 28.1 Å². The molecule has 0 unspecified atom stereocenters. The molecule has 1 aliphatic rings. The van der Waals surface area contributed by atoms with Crippen molar-refractivity contribution in [2.75, 3.05) is 4.90 Å². The van der Waals surface area contributed by atoms with Gasteiger partial charge in [0, 0.05) is 23.9 Å². The van der Waals surface area contributed by atoms with Crippen LogP contribution in [0.3, 0.4) is 0 Å². The van der Waals surface area contributed by atoms with E-state index in [1.807, 2.05) is 19.6 Å². The van der Waals surface area contributed by atoms with Crippen molar-refractivity contribution >= 4 is 30.8 Å². The molecule has 1 heterocycles. The first kappa shape index (κ1) is 21.5. The van der Waals surface area contributed by atoms with Crippen LogP contribution in [0, 0.1) is 10.1 Å². The van der Waals surface area contributed by atoms with E-state index >= 15 is 0 Å². The minimum absolute atomic E-state index is 0.137. The highest BCUT2D eigenvalue weighted by Crippen LogP contribution is 2.41. The summed E-state index contributed by atoms with van der Waals surface area (Å²) in [5.74, 6) is -0.414. The van der Waals surface area contributed by atoms with Crippen LogP contribution >= 0.6 is 0 Å². The summed E-state index contributed by atoms with van der Waals surface area (Å²) in [6, 6.07) is 10.5. The van der Waals surface area contributed by atoms with Crippen molar-refractivity contribution in [3.05, 3.63) is 87.4 Å². The first-order valence-corrected chi connectivity index (χ1v) is 12.7. The number of nitro benzene ring substituents is 1. The Kier molecular flexibility index (Phi) is 5.42. The highest BCUT2D eigenvalue weighted by molar-refractivity contribution is 6.81. The van der Waals surface area contributed by atoms with Crippen LogP contribution in [0.15, 0.2) is 66.1 Å². The van der Waals surface area contributed by atoms with Gasteiger partial charge in [-0.25, -0.2) is 0 Å². The number of Topliss-reactive ketones (excluding diaryl/α,β-unsaturated/α-hetero) is 1. The normalized spacial score (nSPS) is 16.2. The van der Waals surface area contributed by atoms with Crippen LogP contribution < -0.4 is 4.90 Å². The lowest BCUT2D eigenvalue weighted by Gasteiger charge is -2.24. The van der Waals surface area contributed by atoms with Crippen LogP contribution in [0.25, 0.3) is 5.57 Å². The maximum Gasteiger partial charge on any atom is 0.418 e. The molecule has 156 valence electrons. The van der Waals surface area contributed by atoms with Crippen LogP contribution in [0.5, 0.6) is 0 Å². The van der Waals surface area contributed by atoms with E-state index in [4.69, 9.17) is 0 Å². The van der Waals surface area contributed by atoms with Crippen molar-refractivity contribution in [3.8, 4) is 0 Å². The van der Waals surface area contributed by atoms with E-state index in [-0.39, 0.29) is 22.6 Å². The average molecular weight is 432 g/mol. The van der Waals surface area contributed by atoms with E-state index in [0.29, 0.717) is 5.56 Å². The second-order valence-electron chi connectivity index (χ2n) is 7.96. The quantitative estimate of drug-likeness (QED) is 0.265. The summed E-state index contributed by atoms with van der Waals surface area (Å²) in [4.78, 5) is 24.8. The Balaban J connectivity index is 2.17. The third-order valence-electron chi connectivity index (χ3n) is 4.42. The molecule has 9 heteroatoms. The maximum absolute atomic E-state index is 13.6. The van der Waals surface area contributed by atoms with Crippen LogP contribution in [-0.4, -0.2) is 18.8 Å². The maximum atomic E-state index is 13.6. The number of para-hydroxylation sites is 1. The summed E-state index contributed by atoms with van der Waals surface area (Å²) >= 11 is 0. The van der Waals surface area contributed by atoms with Gasteiger partial charge in [0.1, 0.15) is 0 Å². The number of ketones is 1. The molecule has 0 saturated carbocycles. The largest absolute Gasteiger partial charge is 0.418 e. The minimum atomic E-state index is -4.59. The van der Waals surface area contributed by atoms with Gasteiger partial charge in [0.15, 0.2) is 0 Å². The number of carbonyl (C=O) groups is 1. The SMILES string of the molecule is C[Si](C)(C)/C=C1/C(=O)C(c2ccc([N+](=O)[O-])cc2)=CN1c1ccccc1C(F)(F)F. The number of benzene rings is 2. The van der Waals surface area contributed by atoms with Gasteiger partial charge in [0.2, 0.25) is 5.78 Å². The van der Waals surface area contributed by atoms with Gasteiger partial charge in [-0.2, -0.15) is 13.2 Å². The van der Waals surface area contributed by atoms with Crippen molar-refractivity contribution in [1.82, 2.24) is 0 Å². The first-order valence-electron chi connectivity index (χ1n) is 9.08. The molecule has 0 spiro atoms. The third-order valence-corrected chi connectivity index (χ3v) is 5.56. The number of hydrogen-bond acceptors (Lipinski definition) is 4. The number of rotatable bonds is 4. The molecule has 2 aromatic rings. The van der Waals surface area contributed by atoms with Crippen LogP contribution in [0.1, 0.15) is 11.1 Å². The lowest BCUT2D eigenvalue weighted by molar-refractivity contribution is -0.384. The van der Waals surface area contributed by atoms with Crippen LogP contribution in [0.2, 0.25) is 19.6 Å². The van der Waals surface area contributed by atoms with E-state index in [2.05, 4.69) is 0 Å². The van der Waals surface area contributed by atoms with Crippen molar-refractivity contribution < 1.29 is 22.9 Å². The van der Waals surface area contributed by atoms with E-state index < -0.39 is 30.5 Å². The Morgan fingerprint density at radius 3 is 2.17 bits per heavy atom. The van der Waals surface area contributed by atoms with Gasteiger partial charge in [-0.05, 0) is 29.8 Å². The molecule has 0 saturated heterocycles. The number of alkyl halides is 3. The fourth-order valence-electron chi connectivity index (χ4n) is 3.14. The summed E-state index contributed by atoms with van der Waals surface area (Å²) in [6.07, 6.45) is -3.21. The first-order chi connectivity index (χ1) is 13.9. The third kappa shape index (κ3) is 4.35. The molecule has 1 aliphatic heterocycles. The van der Waals surface area contributed by atoms with E-state index in [0.717, 1.165) is 6.07 Å². The molecule has 0 bridgehead atoms. The number of nitro groups is 1. The molecule has 0 aliphatic carbocycles. The Bertz CT molecular complexity index is 1070. The summed E-state index contributed by atoms with van der Waals surface area (Å²) in [6.45, 7) is 5.93. The van der Waals surface area contributed by atoms with Gasteiger partial charge in [-0.3, -0.25) is 14.9 Å². The summed E-state index contributed by atoms with van der Waals surface area (Å²) in [5, 5.41) is 10.9. The monoisotopic (exact) mass is 432 g/mol. The zero-order valence-electron chi connectivity index (χ0n) is 16.5. The molecule has 0 atom stereocenters. The number of allylic oxidation sites excluding steroid dienone is 1. The summed E-state index contributed by atoms with van der Waals surface area (Å²) in [5.41, 5.74) is 1.39. The van der Waals surface area contributed by atoms with Crippen molar-refractivity contribution in [2.24, 2.45) is 0 Å². The highest BCUT2D eigenvalue weighted by Gasteiger charge is 2.38. The lowest BCUT2D eigenvalue weighted by Crippen LogP contribution is -2.25. The molecule has 0 radical (unpaired) electrons. The van der Waals surface area contributed by atoms with Gasteiger partial charge in [0.05, 0.1) is 29.9 Å². The van der Waals surface area contributed by atoms with Crippen LogP contribution in [0.4, 0.5) is 24.5 Å².